The molecule has 5 heteroatoms. The van der Waals surface area contributed by atoms with Crippen LogP contribution in [0.1, 0.15) is 49.9 Å². The molecule has 1 aromatic heterocycles. The highest BCUT2D eigenvalue weighted by molar-refractivity contribution is 5.37. The lowest BCUT2D eigenvalue weighted by Crippen LogP contribution is -2.24. The van der Waals surface area contributed by atoms with Crippen molar-refractivity contribution < 1.29 is 8.78 Å². The molecule has 0 bridgehead atoms. The summed E-state index contributed by atoms with van der Waals surface area (Å²) in [5.41, 5.74) is 2.20. The van der Waals surface area contributed by atoms with E-state index in [4.69, 9.17) is 0 Å². The van der Waals surface area contributed by atoms with Crippen LogP contribution in [0.25, 0.3) is 5.69 Å². The summed E-state index contributed by atoms with van der Waals surface area (Å²) in [6.07, 6.45) is 7.05. The fraction of sp³-hybridized carbons (Fsp3) is 0.500. The molecule has 1 aliphatic carbocycles. The van der Waals surface area contributed by atoms with Gasteiger partial charge < -0.3 is 5.32 Å². The summed E-state index contributed by atoms with van der Waals surface area (Å²) in [7, 11) is 0. The van der Waals surface area contributed by atoms with Gasteiger partial charge in [0.15, 0.2) is 5.82 Å². The quantitative estimate of drug-likeness (QED) is 0.890. The lowest BCUT2D eigenvalue weighted by Gasteiger charge is -2.17. The highest BCUT2D eigenvalue weighted by Crippen LogP contribution is 2.26. The predicted octanol–water partition coefficient (Wildman–Crippen LogP) is 4.30. The minimum atomic E-state index is -0.602. The lowest BCUT2D eigenvalue weighted by molar-refractivity contribution is 0.452. The molecule has 0 saturated heterocycles. The van der Waals surface area contributed by atoms with E-state index in [1.54, 1.807) is 6.20 Å². The van der Waals surface area contributed by atoms with Crippen LogP contribution >= 0.6 is 0 Å². The Balaban J connectivity index is 1.75. The molecule has 1 N–H and O–H groups in total. The zero-order valence-corrected chi connectivity index (χ0v) is 13.6. The van der Waals surface area contributed by atoms with Crippen LogP contribution < -0.4 is 5.32 Å². The Morgan fingerprint density at radius 2 is 2.04 bits per heavy atom. The molecule has 0 radical (unpaired) electrons. The maximum atomic E-state index is 14.0. The number of nitrogens with zero attached hydrogens (tertiary/aromatic N) is 2. The van der Waals surface area contributed by atoms with Crippen LogP contribution in [-0.2, 0) is 0 Å². The van der Waals surface area contributed by atoms with Gasteiger partial charge in [-0.3, -0.25) is 0 Å². The molecule has 124 valence electrons. The minimum absolute atomic E-state index is 0.160. The van der Waals surface area contributed by atoms with Crippen molar-refractivity contribution in [2.75, 3.05) is 6.54 Å². The number of hydrogen-bond acceptors (Lipinski definition) is 2. The van der Waals surface area contributed by atoms with Crippen molar-refractivity contribution in [2.45, 2.75) is 45.6 Å². The molecule has 0 amide bonds. The van der Waals surface area contributed by atoms with Gasteiger partial charge in [0, 0.05) is 23.4 Å². The van der Waals surface area contributed by atoms with E-state index in [0.29, 0.717) is 0 Å². The van der Waals surface area contributed by atoms with Crippen LogP contribution in [0, 0.1) is 24.5 Å². The van der Waals surface area contributed by atoms with E-state index in [2.05, 4.69) is 17.3 Å². The summed E-state index contributed by atoms with van der Waals surface area (Å²) < 4.78 is 28.6. The molecule has 3 rings (SSSR count). The SMILES string of the molecule is Cc1c([C@@H](C)NCC2CCCC2)cnn1-c1ccc(F)cc1F. The van der Waals surface area contributed by atoms with Crippen molar-refractivity contribution in [1.82, 2.24) is 15.1 Å². The van der Waals surface area contributed by atoms with Gasteiger partial charge in [-0.15, -0.1) is 0 Å². The average molecular weight is 319 g/mol. The molecule has 1 aliphatic rings. The highest BCUT2D eigenvalue weighted by atomic mass is 19.1. The molecule has 1 saturated carbocycles. The topological polar surface area (TPSA) is 29.9 Å². The van der Waals surface area contributed by atoms with Gasteiger partial charge in [-0.1, -0.05) is 12.8 Å². The number of rotatable bonds is 5. The molecule has 3 nitrogen and oxygen atoms in total. The molecule has 1 aromatic carbocycles. The maximum absolute atomic E-state index is 14.0. The number of nitrogens with one attached hydrogen (secondary N) is 1. The minimum Gasteiger partial charge on any atom is -0.310 e. The second kappa shape index (κ2) is 6.79. The standard InChI is InChI=1S/C18H23F2N3/c1-12(21-10-14-5-3-4-6-14)16-11-22-23(13(16)2)18-8-7-15(19)9-17(18)20/h7-9,11-12,14,21H,3-6,10H2,1-2H3/t12-/m1/s1. The summed E-state index contributed by atoms with van der Waals surface area (Å²) in [6, 6.07) is 3.72. The molecule has 0 unspecified atom stereocenters. The van der Waals surface area contributed by atoms with Gasteiger partial charge in [-0.05, 0) is 51.3 Å². The molecular weight excluding hydrogens is 296 g/mol. The molecule has 23 heavy (non-hydrogen) atoms. The van der Waals surface area contributed by atoms with Gasteiger partial charge in [0.1, 0.15) is 11.5 Å². The van der Waals surface area contributed by atoms with Crippen LogP contribution in [0.3, 0.4) is 0 Å². The first-order valence-electron chi connectivity index (χ1n) is 8.29. The summed E-state index contributed by atoms with van der Waals surface area (Å²) >= 11 is 0. The molecule has 1 atom stereocenters. The van der Waals surface area contributed by atoms with Gasteiger partial charge >= 0.3 is 0 Å². The number of aromatic nitrogens is 2. The summed E-state index contributed by atoms with van der Waals surface area (Å²) in [4.78, 5) is 0. The maximum Gasteiger partial charge on any atom is 0.151 e. The van der Waals surface area contributed by atoms with Crippen molar-refractivity contribution >= 4 is 0 Å². The van der Waals surface area contributed by atoms with Crippen LogP contribution in [0.4, 0.5) is 8.78 Å². The summed E-state index contributed by atoms with van der Waals surface area (Å²) in [5.74, 6) is -0.417. The number of benzene rings is 1. The van der Waals surface area contributed by atoms with Crippen LogP contribution in [0.15, 0.2) is 24.4 Å². The lowest BCUT2D eigenvalue weighted by atomic mass is 10.1. The van der Waals surface area contributed by atoms with Gasteiger partial charge in [0.05, 0.1) is 6.20 Å². The smallest absolute Gasteiger partial charge is 0.151 e. The summed E-state index contributed by atoms with van der Waals surface area (Å²) in [5, 5.41) is 7.85. The third kappa shape index (κ3) is 3.44. The van der Waals surface area contributed by atoms with Gasteiger partial charge in [0.25, 0.3) is 0 Å². The second-order valence-electron chi connectivity index (χ2n) is 6.47. The Labute approximate surface area is 135 Å². The molecule has 1 heterocycles. The van der Waals surface area contributed by atoms with Crippen LogP contribution in [-0.4, -0.2) is 16.3 Å². The van der Waals surface area contributed by atoms with E-state index in [1.807, 2.05) is 6.92 Å². The fourth-order valence-electron chi connectivity index (χ4n) is 3.41. The Morgan fingerprint density at radius 3 is 2.74 bits per heavy atom. The zero-order chi connectivity index (χ0) is 16.4. The normalized spacial score (nSPS) is 16.9. The largest absolute Gasteiger partial charge is 0.310 e. The Bertz CT molecular complexity index is 675. The van der Waals surface area contributed by atoms with Crippen LogP contribution in [0.5, 0.6) is 0 Å². The van der Waals surface area contributed by atoms with E-state index in [9.17, 15) is 8.78 Å². The number of halogens is 2. The van der Waals surface area contributed by atoms with Gasteiger partial charge in [-0.25, -0.2) is 13.5 Å². The summed E-state index contributed by atoms with van der Waals surface area (Å²) in [6.45, 7) is 5.03. The Hall–Kier alpha value is -1.75. The van der Waals surface area contributed by atoms with Gasteiger partial charge in [-0.2, -0.15) is 5.10 Å². The Morgan fingerprint density at radius 1 is 1.30 bits per heavy atom. The monoisotopic (exact) mass is 319 g/mol. The zero-order valence-electron chi connectivity index (χ0n) is 13.6. The highest BCUT2D eigenvalue weighted by Gasteiger charge is 2.19. The van der Waals surface area contributed by atoms with E-state index in [0.717, 1.165) is 29.8 Å². The van der Waals surface area contributed by atoms with E-state index >= 15 is 0 Å². The molecule has 1 fully saturated rings. The molecular formula is C18H23F2N3. The van der Waals surface area contributed by atoms with Crippen molar-refractivity contribution in [2.24, 2.45) is 5.92 Å². The van der Waals surface area contributed by atoms with Gasteiger partial charge in [0.2, 0.25) is 0 Å². The molecule has 0 aliphatic heterocycles. The fourth-order valence-corrected chi connectivity index (χ4v) is 3.41. The first-order chi connectivity index (χ1) is 11.1. The Kier molecular flexibility index (Phi) is 4.76. The van der Waals surface area contributed by atoms with E-state index in [1.165, 1.54) is 42.5 Å². The van der Waals surface area contributed by atoms with Crippen LogP contribution in [0.2, 0.25) is 0 Å². The predicted molar refractivity (Wildman–Crippen MR) is 86.6 cm³/mol. The van der Waals surface area contributed by atoms with Crippen molar-refractivity contribution in [3.63, 3.8) is 0 Å². The third-order valence-corrected chi connectivity index (χ3v) is 4.84. The number of hydrogen-bond donors (Lipinski definition) is 1. The van der Waals surface area contributed by atoms with E-state index < -0.39 is 11.6 Å². The second-order valence-corrected chi connectivity index (χ2v) is 6.47. The van der Waals surface area contributed by atoms with Crippen molar-refractivity contribution in [1.29, 1.82) is 0 Å². The van der Waals surface area contributed by atoms with Crippen molar-refractivity contribution in [3.05, 3.63) is 47.3 Å². The molecule has 2 aromatic rings. The van der Waals surface area contributed by atoms with Crippen molar-refractivity contribution in [3.8, 4) is 5.69 Å². The third-order valence-electron chi connectivity index (χ3n) is 4.84. The van der Waals surface area contributed by atoms with E-state index in [-0.39, 0.29) is 11.7 Å². The first kappa shape index (κ1) is 16.1. The average Bonchev–Trinajstić information content (AvgIpc) is 3.15. The molecule has 0 spiro atoms. The first-order valence-corrected chi connectivity index (χ1v) is 8.29.